The van der Waals surface area contributed by atoms with E-state index in [9.17, 15) is 49.1 Å². The van der Waals surface area contributed by atoms with Gasteiger partial charge in [-0.2, -0.15) is 26.3 Å². The number of rotatable bonds is 6. The second-order valence-electron chi connectivity index (χ2n) is 9.22. The van der Waals surface area contributed by atoms with Gasteiger partial charge in [0, 0.05) is 28.8 Å². The van der Waals surface area contributed by atoms with Gasteiger partial charge in [-0.05, 0) is 60.9 Å². The molecule has 1 N–H and O–H groups in total. The Kier molecular flexibility index (Phi) is 7.25. The van der Waals surface area contributed by atoms with Crippen molar-refractivity contribution in [2.75, 3.05) is 5.32 Å². The number of fused-ring (bicyclic) bond motifs is 1. The summed E-state index contributed by atoms with van der Waals surface area (Å²) >= 11 is 0. The van der Waals surface area contributed by atoms with E-state index < -0.39 is 41.6 Å². The summed E-state index contributed by atoms with van der Waals surface area (Å²) in [6, 6.07) is 9.76. The summed E-state index contributed by atoms with van der Waals surface area (Å²) in [5, 5.41) is 2.39. The summed E-state index contributed by atoms with van der Waals surface area (Å²) in [7, 11) is 0. The number of nitrogens with one attached hydrogen (secondary N) is 1. The highest BCUT2D eigenvalue weighted by molar-refractivity contribution is 6.05. The van der Waals surface area contributed by atoms with Gasteiger partial charge >= 0.3 is 24.3 Å². The molecule has 4 rings (SSSR count). The van der Waals surface area contributed by atoms with Gasteiger partial charge in [0.05, 0.1) is 0 Å². The van der Waals surface area contributed by atoms with Gasteiger partial charge < -0.3 is 14.8 Å². The minimum absolute atomic E-state index is 0.0195. The molecule has 0 bridgehead atoms. The summed E-state index contributed by atoms with van der Waals surface area (Å²) in [5.74, 6) is -1.92. The fourth-order valence-corrected chi connectivity index (χ4v) is 4.27. The quantitative estimate of drug-likeness (QED) is 0.237. The summed E-state index contributed by atoms with van der Waals surface area (Å²) in [6.45, 7) is 2.21. The average molecular weight is 591 g/mol. The molecule has 5 nitrogen and oxygen atoms in total. The first-order valence-electron chi connectivity index (χ1n) is 11.6. The number of ketones is 1. The molecule has 1 heterocycles. The van der Waals surface area contributed by atoms with Crippen LogP contribution in [0, 0.1) is 13.8 Å². The highest BCUT2D eigenvalue weighted by Gasteiger charge is 2.73. The van der Waals surface area contributed by atoms with E-state index in [0.29, 0.717) is 17.7 Å². The average Bonchev–Trinajstić information content (AvgIpc) is 3.17. The maximum Gasteiger partial charge on any atom is 0.586 e. The number of benzene rings is 3. The van der Waals surface area contributed by atoms with Gasteiger partial charge in [0.25, 0.3) is 5.91 Å². The molecule has 3 aromatic rings. The van der Waals surface area contributed by atoms with Gasteiger partial charge in [-0.1, -0.05) is 24.3 Å². The first-order valence-corrected chi connectivity index (χ1v) is 11.6. The van der Waals surface area contributed by atoms with Crippen LogP contribution in [-0.2, 0) is 12.1 Å². The SMILES string of the molecule is Cc1cc(C(F)(C(F)(F)F)C(F)(F)F)cc(C)c1NC(=O)c1cccc(CC(=O)c2ccc3c(c2)OC(F)(F)O3)c1. The molecule has 3 aromatic carbocycles. The van der Waals surface area contributed by atoms with Crippen molar-refractivity contribution in [1.82, 2.24) is 0 Å². The smallest absolute Gasteiger partial charge is 0.395 e. The van der Waals surface area contributed by atoms with E-state index in [1.54, 1.807) is 0 Å². The Bertz CT molecular complexity index is 1490. The number of hydrogen-bond acceptors (Lipinski definition) is 4. The van der Waals surface area contributed by atoms with Crippen molar-refractivity contribution < 1.29 is 58.6 Å². The fraction of sp³-hybridized carbons (Fsp3) is 0.259. The number of ether oxygens (including phenoxy) is 2. The summed E-state index contributed by atoms with van der Waals surface area (Å²) in [4.78, 5) is 25.6. The minimum atomic E-state index is -6.29. The third-order valence-corrected chi connectivity index (χ3v) is 6.23. The van der Waals surface area contributed by atoms with E-state index in [-0.39, 0.29) is 45.9 Å². The van der Waals surface area contributed by atoms with E-state index in [1.165, 1.54) is 30.3 Å². The summed E-state index contributed by atoms with van der Waals surface area (Å²) in [6.07, 6.45) is -16.7. The molecule has 0 aromatic heterocycles. The Morgan fingerprint density at radius 3 is 1.95 bits per heavy atom. The molecular weight excluding hydrogens is 573 g/mol. The predicted octanol–water partition coefficient (Wildman–Crippen LogP) is 7.59. The zero-order valence-corrected chi connectivity index (χ0v) is 20.9. The molecule has 0 radical (unpaired) electrons. The molecule has 0 saturated carbocycles. The first-order chi connectivity index (χ1) is 18.8. The van der Waals surface area contributed by atoms with Crippen LogP contribution in [0.5, 0.6) is 11.5 Å². The summed E-state index contributed by atoms with van der Waals surface area (Å²) < 4.78 is 129. The number of Topliss-reactive ketones (excluding diaryl/α,β-unsaturated/α-hetero) is 1. The van der Waals surface area contributed by atoms with Crippen molar-refractivity contribution >= 4 is 17.4 Å². The number of carbonyl (C=O) groups excluding carboxylic acids is 2. The normalized spacial score (nSPS) is 14.6. The standard InChI is InChI=1S/C27H18F9NO4/c1-13-8-18(24(28,25(29,30)31)26(32,33)34)9-14(2)22(13)37-23(39)17-5-3-4-15(10-17)11-19(38)16-6-7-20-21(12-16)41-27(35,36)40-20/h3-10,12H,11H2,1-2H3,(H,37,39). The van der Waals surface area contributed by atoms with Crippen LogP contribution in [0.15, 0.2) is 54.6 Å². The largest absolute Gasteiger partial charge is 0.586 e. The number of amides is 1. The van der Waals surface area contributed by atoms with Crippen LogP contribution < -0.4 is 14.8 Å². The van der Waals surface area contributed by atoms with Crippen molar-refractivity contribution in [3.63, 3.8) is 0 Å². The van der Waals surface area contributed by atoms with Crippen molar-refractivity contribution in [2.24, 2.45) is 0 Å². The lowest BCUT2D eigenvalue weighted by Gasteiger charge is -2.31. The molecule has 0 unspecified atom stereocenters. The maximum atomic E-state index is 14.5. The number of anilines is 1. The van der Waals surface area contributed by atoms with Crippen LogP contribution in [0.25, 0.3) is 0 Å². The molecule has 0 spiro atoms. The Balaban J connectivity index is 1.53. The van der Waals surface area contributed by atoms with Crippen LogP contribution in [0.2, 0.25) is 0 Å². The number of halogens is 9. The second-order valence-corrected chi connectivity index (χ2v) is 9.22. The molecular formula is C27H18F9NO4. The van der Waals surface area contributed by atoms with Gasteiger partial charge in [-0.15, -0.1) is 8.78 Å². The predicted molar refractivity (Wildman–Crippen MR) is 126 cm³/mol. The van der Waals surface area contributed by atoms with Crippen LogP contribution in [0.4, 0.5) is 45.2 Å². The third-order valence-electron chi connectivity index (χ3n) is 6.23. The van der Waals surface area contributed by atoms with Crippen molar-refractivity contribution in [1.29, 1.82) is 0 Å². The zero-order chi connectivity index (χ0) is 30.5. The van der Waals surface area contributed by atoms with Gasteiger partial charge in [0.1, 0.15) is 0 Å². The van der Waals surface area contributed by atoms with Gasteiger partial charge in [0.15, 0.2) is 17.3 Å². The number of hydrogen-bond donors (Lipinski definition) is 1. The highest BCUT2D eigenvalue weighted by atomic mass is 19.4. The van der Waals surface area contributed by atoms with Crippen LogP contribution in [-0.4, -0.2) is 30.3 Å². The highest BCUT2D eigenvalue weighted by Crippen LogP contribution is 2.53. The topological polar surface area (TPSA) is 64.6 Å². The van der Waals surface area contributed by atoms with E-state index >= 15 is 0 Å². The van der Waals surface area contributed by atoms with E-state index in [0.717, 1.165) is 26.0 Å². The molecule has 14 heteroatoms. The van der Waals surface area contributed by atoms with Crippen molar-refractivity contribution in [3.05, 3.63) is 88.0 Å². The molecule has 218 valence electrons. The molecule has 0 saturated heterocycles. The lowest BCUT2D eigenvalue weighted by atomic mass is 9.90. The molecule has 1 aliphatic rings. The molecule has 1 amide bonds. The lowest BCUT2D eigenvalue weighted by Crippen LogP contribution is -2.50. The molecule has 0 atom stereocenters. The lowest BCUT2D eigenvalue weighted by molar-refractivity contribution is -0.348. The van der Waals surface area contributed by atoms with Crippen LogP contribution in [0.1, 0.15) is 43.0 Å². The van der Waals surface area contributed by atoms with Crippen molar-refractivity contribution in [3.8, 4) is 11.5 Å². The second kappa shape index (κ2) is 10.00. The van der Waals surface area contributed by atoms with Crippen LogP contribution in [0.3, 0.4) is 0 Å². The molecule has 41 heavy (non-hydrogen) atoms. The Labute approximate surface area is 225 Å². The van der Waals surface area contributed by atoms with E-state index in [2.05, 4.69) is 14.8 Å². The molecule has 0 fully saturated rings. The fourth-order valence-electron chi connectivity index (χ4n) is 4.27. The Morgan fingerprint density at radius 1 is 0.780 bits per heavy atom. The van der Waals surface area contributed by atoms with Gasteiger partial charge in [0.2, 0.25) is 0 Å². The zero-order valence-electron chi connectivity index (χ0n) is 20.9. The molecule has 0 aliphatic carbocycles. The van der Waals surface area contributed by atoms with Crippen LogP contribution >= 0.6 is 0 Å². The van der Waals surface area contributed by atoms with Gasteiger partial charge in [-0.25, -0.2) is 4.39 Å². The number of carbonyl (C=O) groups is 2. The van der Waals surface area contributed by atoms with E-state index in [1.807, 2.05) is 0 Å². The Hall–Kier alpha value is -4.23. The Morgan fingerprint density at radius 2 is 1.37 bits per heavy atom. The van der Waals surface area contributed by atoms with Crippen molar-refractivity contribution in [2.45, 2.75) is 44.6 Å². The maximum absolute atomic E-state index is 14.5. The monoisotopic (exact) mass is 591 g/mol. The first kappa shape index (κ1) is 29.7. The van der Waals surface area contributed by atoms with Gasteiger partial charge in [-0.3, -0.25) is 9.59 Å². The van der Waals surface area contributed by atoms with E-state index in [4.69, 9.17) is 0 Å². The number of alkyl halides is 9. The minimum Gasteiger partial charge on any atom is -0.395 e. The molecule has 1 aliphatic heterocycles. The summed E-state index contributed by atoms with van der Waals surface area (Å²) in [5.41, 5.74) is -7.64. The third kappa shape index (κ3) is 5.68. The number of aryl methyl sites for hydroxylation is 2.